The van der Waals surface area contributed by atoms with Gasteiger partial charge in [0.2, 0.25) is 0 Å². The molecule has 0 atom stereocenters. The second-order valence-corrected chi connectivity index (χ2v) is 16.9. The molecule has 0 aromatic heterocycles. The van der Waals surface area contributed by atoms with Gasteiger partial charge in [-0.2, -0.15) is 35.1 Å². The van der Waals surface area contributed by atoms with Gasteiger partial charge in [-0.25, -0.2) is 8.42 Å². The summed E-state index contributed by atoms with van der Waals surface area (Å²) in [5.41, 5.74) is 0. The Bertz CT molecular complexity index is 1950. The Morgan fingerprint density at radius 1 is 0.404 bits per heavy atom. The third-order valence-electron chi connectivity index (χ3n) is 7.60. The summed E-state index contributed by atoms with van der Waals surface area (Å²) in [6.07, 6.45) is 0. The second kappa shape index (κ2) is 18.9. The van der Waals surface area contributed by atoms with Crippen molar-refractivity contribution in [3.63, 3.8) is 0 Å². The third-order valence-corrected chi connectivity index (χ3v) is 12.9. The van der Waals surface area contributed by atoms with Crippen LogP contribution in [0.4, 0.5) is 35.1 Å². The van der Waals surface area contributed by atoms with E-state index >= 15 is 0 Å². The van der Waals surface area contributed by atoms with E-state index in [1.807, 2.05) is 0 Å². The van der Waals surface area contributed by atoms with Gasteiger partial charge in [-0.05, 0) is 72.8 Å². The summed E-state index contributed by atoms with van der Waals surface area (Å²) in [6, 6.07) is 64.3. The fourth-order valence-corrected chi connectivity index (χ4v) is 9.47. The van der Waals surface area contributed by atoms with Crippen molar-refractivity contribution in [2.45, 2.75) is 52.4 Å². The molecule has 0 fully saturated rings. The topological polar surface area (TPSA) is 97.3 Å². The molecule has 57 heavy (non-hydrogen) atoms. The van der Waals surface area contributed by atoms with E-state index in [9.17, 15) is 58.0 Å². The zero-order valence-corrected chi connectivity index (χ0v) is 31.6. The molecule has 0 radical (unpaired) electrons. The number of aliphatic carboxylic acids is 1. The summed E-state index contributed by atoms with van der Waals surface area (Å²) in [6.45, 7) is 0. The molecule has 0 amide bonds. The van der Waals surface area contributed by atoms with Crippen LogP contribution in [0, 0.1) is 0 Å². The molecule has 16 heteroatoms. The molecule has 0 spiro atoms. The molecule has 298 valence electrons. The van der Waals surface area contributed by atoms with Gasteiger partial charge >= 0.3 is 23.0 Å². The van der Waals surface area contributed by atoms with Crippen LogP contribution in [0.1, 0.15) is 0 Å². The van der Waals surface area contributed by atoms with Gasteiger partial charge < -0.3 is 14.5 Å². The lowest BCUT2D eigenvalue weighted by molar-refractivity contribution is -0.383. The fourth-order valence-electron chi connectivity index (χ4n) is 4.82. The molecule has 0 unspecified atom stereocenters. The third kappa shape index (κ3) is 10.2. The normalized spacial score (nSPS) is 12.2. The van der Waals surface area contributed by atoms with Crippen LogP contribution >= 0.6 is 0 Å². The highest BCUT2D eigenvalue weighted by atomic mass is 32.2. The van der Waals surface area contributed by atoms with Crippen LogP contribution in [0.25, 0.3) is 0 Å². The van der Waals surface area contributed by atoms with E-state index in [2.05, 4.69) is 182 Å². The lowest BCUT2D eigenvalue weighted by atomic mass is 10.1. The molecule has 0 N–H and O–H groups in total. The highest BCUT2D eigenvalue weighted by molar-refractivity contribution is 7.97. The van der Waals surface area contributed by atoms with Gasteiger partial charge in [0.1, 0.15) is 5.97 Å². The average Bonchev–Trinajstić information content (AvgIpc) is 3.20. The molecule has 0 bridgehead atoms. The smallest absolute Gasteiger partial charge is 0.402 e. The Morgan fingerprint density at radius 3 is 0.754 bits per heavy atom. The molecule has 6 rings (SSSR count). The van der Waals surface area contributed by atoms with Gasteiger partial charge in [-0.15, -0.1) is 0 Å². The first-order valence-corrected chi connectivity index (χ1v) is 20.2. The number of carbonyl (C=O) groups excluding carboxylic acids is 1. The van der Waals surface area contributed by atoms with Gasteiger partial charge in [-0.3, -0.25) is 0 Å². The predicted octanol–water partition coefficient (Wildman–Crippen LogP) is 9.34. The highest BCUT2D eigenvalue weighted by Gasteiger charge is 2.83. The Balaban J connectivity index is 0.000000189. The molecule has 0 aliphatic heterocycles. The van der Waals surface area contributed by atoms with Crippen molar-refractivity contribution in [2.24, 2.45) is 0 Å². The maximum atomic E-state index is 12.5. The van der Waals surface area contributed by atoms with E-state index in [1.54, 1.807) is 0 Å². The first kappa shape index (κ1) is 44.6. The van der Waals surface area contributed by atoms with Crippen LogP contribution in [0.2, 0.25) is 0 Å². The van der Waals surface area contributed by atoms with Crippen molar-refractivity contribution in [1.29, 1.82) is 0 Å². The largest absolute Gasteiger partial charge is 0.743 e. The number of benzene rings is 6. The van der Waals surface area contributed by atoms with Crippen LogP contribution in [0.5, 0.6) is 0 Å². The highest BCUT2D eigenvalue weighted by Crippen LogP contribution is 2.53. The molecular weight excluding hydrogens is 821 g/mol. The van der Waals surface area contributed by atoms with Crippen LogP contribution in [0.3, 0.4) is 0 Å². The van der Waals surface area contributed by atoms with Gasteiger partial charge in [-0.1, -0.05) is 109 Å². The minimum Gasteiger partial charge on any atom is -0.743 e. The number of halogens is 8. The van der Waals surface area contributed by atoms with E-state index in [-0.39, 0.29) is 21.8 Å². The van der Waals surface area contributed by atoms with Gasteiger partial charge in [0, 0.05) is 0 Å². The second-order valence-electron chi connectivity index (χ2n) is 11.5. The molecular formula is C41H30F8O5S3. The first-order chi connectivity index (χ1) is 26.8. The maximum absolute atomic E-state index is 12.5. The number of carboxylic acids is 1. The van der Waals surface area contributed by atoms with E-state index in [0.29, 0.717) is 0 Å². The van der Waals surface area contributed by atoms with Gasteiger partial charge in [0.05, 0.1) is 21.8 Å². The Hall–Kier alpha value is -5.16. The number of hydrogen-bond donors (Lipinski definition) is 0. The minimum absolute atomic E-state index is 0.0146. The molecule has 6 aromatic rings. The Labute approximate surface area is 329 Å². The summed E-state index contributed by atoms with van der Waals surface area (Å²) in [4.78, 5) is 17.7. The Kier molecular flexibility index (Phi) is 14.7. The molecule has 0 saturated carbocycles. The van der Waals surface area contributed by atoms with Crippen LogP contribution in [-0.2, 0) is 36.7 Å². The van der Waals surface area contributed by atoms with Crippen LogP contribution in [-0.4, -0.2) is 42.0 Å². The van der Waals surface area contributed by atoms with E-state index < -0.39 is 39.1 Å². The number of carboxylic acid groups (broad SMARTS) is 1. The van der Waals surface area contributed by atoms with Gasteiger partial charge in [0.15, 0.2) is 39.5 Å². The zero-order chi connectivity index (χ0) is 41.9. The molecule has 0 saturated heterocycles. The predicted molar refractivity (Wildman–Crippen MR) is 197 cm³/mol. The van der Waals surface area contributed by atoms with Crippen molar-refractivity contribution < 1.29 is 58.0 Å². The van der Waals surface area contributed by atoms with Crippen molar-refractivity contribution in [1.82, 2.24) is 0 Å². The zero-order valence-electron chi connectivity index (χ0n) is 29.1. The first-order valence-electron chi connectivity index (χ1n) is 16.3. The number of alkyl halides is 8. The number of carbonyl (C=O) groups is 1. The van der Waals surface area contributed by atoms with E-state index in [4.69, 9.17) is 0 Å². The summed E-state index contributed by atoms with van der Waals surface area (Å²) < 4.78 is 128. The van der Waals surface area contributed by atoms with Crippen molar-refractivity contribution in [3.05, 3.63) is 182 Å². The number of rotatable bonds is 11. The lowest BCUT2D eigenvalue weighted by Gasteiger charge is -2.37. The van der Waals surface area contributed by atoms with Crippen molar-refractivity contribution in [2.75, 3.05) is 0 Å². The standard InChI is InChI=1S/2C18H15S.C5H2F8O5S/c2*1-4-10-16(11-5-1)19(17-12-6-2-7-13-17)18-14-8-3-9-15-18;6-2(7,1(14)15)3(8,9)4(10,11)5(12,13)19(16,17)18/h2*1-15H;(H,14,15)(H,16,17,18)/q2*+1;/p-2. The molecule has 0 aliphatic rings. The maximum Gasteiger partial charge on any atom is 0.402 e. The summed E-state index contributed by atoms with van der Waals surface area (Å²) >= 11 is 0. The van der Waals surface area contributed by atoms with E-state index in [0.717, 1.165) is 0 Å². The summed E-state index contributed by atoms with van der Waals surface area (Å²) in [5, 5.41) is 2.37. The molecule has 5 nitrogen and oxygen atoms in total. The summed E-state index contributed by atoms with van der Waals surface area (Å²) in [7, 11) is -7.52. The summed E-state index contributed by atoms with van der Waals surface area (Å²) in [5.74, 6) is -25.9. The van der Waals surface area contributed by atoms with Crippen LogP contribution < -0.4 is 5.11 Å². The molecule has 6 aromatic carbocycles. The fraction of sp³-hybridized carbons (Fsp3) is 0.0976. The minimum atomic E-state index is -7.50. The molecule has 0 heterocycles. The van der Waals surface area contributed by atoms with E-state index in [1.165, 1.54) is 29.4 Å². The Morgan fingerprint density at radius 2 is 0.596 bits per heavy atom. The van der Waals surface area contributed by atoms with Crippen LogP contribution in [0.15, 0.2) is 211 Å². The molecule has 0 aliphatic carbocycles. The SMILES string of the molecule is O=C([O-])C(F)(F)C(F)(F)C(F)(F)C(F)(F)S(=O)(=O)[O-].c1ccc([S+](c2ccccc2)c2ccccc2)cc1.c1ccc([S+](c2ccccc2)c2ccccc2)cc1. The van der Waals surface area contributed by atoms with Crippen molar-refractivity contribution >= 4 is 37.9 Å². The average molecular weight is 851 g/mol. The quantitative estimate of drug-likeness (QED) is 0.0736. The monoisotopic (exact) mass is 850 g/mol. The van der Waals surface area contributed by atoms with Crippen molar-refractivity contribution in [3.8, 4) is 0 Å². The number of hydrogen-bond acceptors (Lipinski definition) is 5. The van der Waals surface area contributed by atoms with Gasteiger partial charge in [0.25, 0.3) is 0 Å². The lowest BCUT2D eigenvalue weighted by Crippen LogP contribution is -2.68.